The summed E-state index contributed by atoms with van der Waals surface area (Å²) < 4.78 is 0. The summed E-state index contributed by atoms with van der Waals surface area (Å²) in [6, 6.07) is 5.85. The lowest BCUT2D eigenvalue weighted by atomic mass is 10.1. The molecule has 0 saturated carbocycles. The molecule has 0 amide bonds. The predicted octanol–water partition coefficient (Wildman–Crippen LogP) is 3.00. The first kappa shape index (κ1) is 12.3. The molecule has 2 unspecified atom stereocenters. The Balaban J connectivity index is 2.16. The minimum absolute atomic E-state index is 0.383. The van der Waals surface area contributed by atoms with E-state index in [1.807, 2.05) is 24.8 Å². The molecule has 3 nitrogen and oxygen atoms in total. The molecule has 1 aliphatic rings. The highest BCUT2D eigenvalue weighted by atomic mass is 32.2. The zero-order valence-electron chi connectivity index (χ0n) is 10.1. The van der Waals surface area contributed by atoms with Gasteiger partial charge in [-0.1, -0.05) is 13.0 Å². The first-order valence-corrected chi connectivity index (χ1v) is 6.84. The average molecular weight is 251 g/mol. The van der Waals surface area contributed by atoms with Crippen LogP contribution in [0.5, 0.6) is 0 Å². The fraction of sp³-hybridized carbons (Fsp3) is 0.462. The summed E-state index contributed by atoms with van der Waals surface area (Å²) in [7, 11) is 0. The third-order valence-corrected chi connectivity index (χ3v) is 4.48. The number of thioether (sulfide) groups is 1. The summed E-state index contributed by atoms with van der Waals surface area (Å²) in [5.41, 5.74) is 2.16. The summed E-state index contributed by atoms with van der Waals surface area (Å²) in [4.78, 5) is 11.0. The molecule has 1 fully saturated rings. The van der Waals surface area contributed by atoms with Crippen molar-refractivity contribution in [1.82, 2.24) is 0 Å². The molecule has 0 aromatic heterocycles. The van der Waals surface area contributed by atoms with Crippen molar-refractivity contribution in [3.05, 3.63) is 29.3 Å². The maximum atomic E-state index is 11.0. The maximum Gasteiger partial charge on any atom is 0.336 e. The Morgan fingerprint density at radius 3 is 2.88 bits per heavy atom. The third-order valence-electron chi connectivity index (χ3n) is 3.12. The Morgan fingerprint density at radius 1 is 1.53 bits per heavy atom. The normalized spacial score (nSPS) is 23.6. The average Bonchev–Trinajstić information content (AvgIpc) is 2.67. The third kappa shape index (κ3) is 2.75. The molecule has 1 aromatic rings. The molecular formula is C13H17NO2S. The van der Waals surface area contributed by atoms with Crippen molar-refractivity contribution in [2.24, 2.45) is 0 Å². The zero-order valence-corrected chi connectivity index (χ0v) is 10.9. The van der Waals surface area contributed by atoms with E-state index in [1.165, 1.54) is 0 Å². The fourth-order valence-electron chi connectivity index (χ4n) is 2.16. The number of carboxylic acid groups (broad SMARTS) is 1. The van der Waals surface area contributed by atoms with Crippen LogP contribution in [0.2, 0.25) is 0 Å². The van der Waals surface area contributed by atoms with Gasteiger partial charge in [-0.3, -0.25) is 0 Å². The van der Waals surface area contributed by atoms with Crippen molar-refractivity contribution in [2.75, 3.05) is 11.1 Å². The van der Waals surface area contributed by atoms with Crippen LogP contribution >= 0.6 is 11.8 Å². The molecule has 1 saturated heterocycles. The Bertz CT molecular complexity index is 433. The number of rotatable bonds is 3. The summed E-state index contributed by atoms with van der Waals surface area (Å²) in [5, 5.41) is 13.2. The predicted molar refractivity (Wildman–Crippen MR) is 72.1 cm³/mol. The molecule has 0 aliphatic carbocycles. The molecule has 4 heteroatoms. The summed E-state index contributed by atoms with van der Waals surface area (Å²) in [6.07, 6.45) is 1.14. The highest BCUT2D eigenvalue weighted by Crippen LogP contribution is 2.29. The number of hydrogen-bond donors (Lipinski definition) is 2. The minimum atomic E-state index is -0.861. The quantitative estimate of drug-likeness (QED) is 0.867. The Kier molecular flexibility index (Phi) is 3.62. The number of aromatic carboxylic acids is 1. The van der Waals surface area contributed by atoms with E-state index in [2.05, 4.69) is 12.2 Å². The number of carbonyl (C=O) groups is 1. The first-order valence-electron chi connectivity index (χ1n) is 5.79. The molecule has 0 spiro atoms. The van der Waals surface area contributed by atoms with E-state index in [0.29, 0.717) is 16.9 Å². The molecule has 2 rings (SSSR count). The molecule has 2 N–H and O–H groups in total. The molecule has 2 atom stereocenters. The Labute approximate surface area is 106 Å². The van der Waals surface area contributed by atoms with Gasteiger partial charge in [0.1, 0.15) is 0 Å². The van der Waals surface area contributed by atoms with Crippen LogP contribution in [0, 0.1) is 6.92 Å². The van der Waals surface area contributed by atoms with Gasteiger partial charge >= 0.3 is 5.97 Å². The van der Waals surface area contributed by atoms with Crippen molar-refractivity contribution in [3.63, 3.8) is 0 Å². The lowest BCUT2D eigenvalue weighted by molar-refractivity contribution is 0.0696. The van der Waals surface area contributed by atoms with Crippen LogP contribution in [0.4, 0.5) is 5.69 Å². The van der Waals surface area contributed by atoms with Crippen LogP contribution < -0.4 is 5.32 Å². The van der Waals surface area contributed by atoms with E-state index >= 15 is 0 Å². The second-order valence-corrected chi connectivity index (χ2v) is 5.98. The van der Waals surface area contributed by atoms with E-state index in [9.17, 15) is 4.79 Å². The van der Waals surface area contributed by atoms with Crippen molar-refractivity contribution < 1.29 is 9.90 Å². The molecule has 17 heavy (non-hydrogen) atoms. The van der Waals surface area contributed by atoms with Crippen molar-refractivity contribution >= 4 is 23.4 Å². The van der Waals surface area contributed by atoms with Gasteiger partial charge in [-0.25, -0.2) is 4.79 Å². The summed E-state index contributed by atoms with van der Waals surface area (Å²) in [5.74, 6) is 0.234. The highest BCUT2D eigenvalue weighted by Gasteiger charge is 2.22. The highest BCUT2D eigenvalue weighted by molar-refractivity contribution is 8.00. The molecule has 1 aliphatic heterocycles. The van der Waals surface area contributed by atoms with Crippen molar-refractivity contribution in [1.29, 1.82) is 0 Å². The standard InChI is InChI=1S/C13H17NO2S/c1-8-6-10(7-17-8)14-12-5-3-4-11(9(12)2)13(15)16/h3-5,8,10,14H,6-7H2,1-2H3,(H,15,16). The lowest BCUT2D eigenvalue weighted by Crippen LogP contribution is -2.20. The number of hydrogen-bond acceptors (Lipinski definition) is 3. The van der Waals surface area contributed by atoms with Crippen LogP contribution in [-0.2, 0) is 0 Å². The Morgan fingerprint density at radius 2 is 2.29 bits per heavy atom. The SMILES string of the molecule is Cc1c(NC2CSC(C)C2)cccc1C(=O)O. The van der Waals surface area contributed by atoms with Gasteiger partial charge in [0.25, 0.3) is 0 Å². The van der Waals surface area contributed by atoms with Gasteiger partial charge in [-0.15, -0.1) is 0 Å². The molecular weight excluding hydrogens is 234 g/mol. The fourth-order valence-corrected chi connectivity index (χ4v) is 3.31. The number of anilines is 1. The summed E-state index contributed by atoms with van der Waals surface area (Å²) in [6.45, 7) is 4.09. The van der Waals surface area contributed by atoms with Crippen LogP contribution in [0.1, 0.15) is 29.3 Å². The second kappa shape index (κ2) is 5.00. The van der Waals surface area contributed by atoms with E-state index in [-0.39, 0.29) is 0 Å². The maximum absolute atomic E-state index is 11.0. The number of carboxylic acids is 1. The van der Waals surface area contributed by atoms with Crippen LogP contribution in [0.3, 0.4) is 0 Å². The van der Waals surface area contributed by atoms with Gasteiger partial charge in [0.2, 0.25) is 0 Å². The molecule has 1 aromatic carbocycles. The monoisotopic (exact) mass is 251 g/mol. The van der Waals surface area contributed by atoms with E-state index in [0.717, 1.165) is 23.4 Å². The van der Waals surface area contributed by atoms with E-state index in [1.54, 1.807) is 12.1 Å². The van der Waals surface area contributed by atoms with Gasteiger partial charge in [0.15, 0.2) is 0 Å². The van der Waals surface area contributed by atoms with Crippen molar-refractivity contribution in [3.8, 4) is 0 Å². The number of nitrogens with one attached hydrogen (secondary N) is 1. The largest absolute Gasteiger partial charge is 0.478 e. The zero-order chi connectivity index (χ0) is 12.4. The number of benzene rings is 1. The van der Waals surface area contributed by atoms with Gasteiger partial charge in [0.05, 0.1) is 5.56 Å². The summed E-state index contributed by atoms with van der Waals surface area (Å²) >= 11 is 1.96. The molecule has 92 valence electrons. The second-order valence-electron chi connectivity index (χ2n) is 4.50. The van der Waals surface area contributed by atoms with Crippen molar-refractivity contribution in [2.45, 2.75) is 31.6 Å². The van der Waals surface area contributed by atoms with Crippen LogP contribution in [-0.4, -0.2) is 28.1 Å². The lowest BCUT2D eigenvalue weighted by Gasteiger charge is -2.16. The minimum Gasteiger partial charge on any atom is -0.478 e. The van der Waals surface area contributed by atoms with E-state index in [4.69, 9.17) is 5.11 Å². The van der Waals surface area contributed by atoms with Gasteiger partial charge in [-0.2, -0.15) is 11.8 Å². The van der Waals surface area contributed by atoms with Crippen LogP contribution in [0.25, 0.3) is 0 Å². The Hall–Kier alpha value is -1.16. The van der Waals surface area contributed by atoms with Gasteiger partial charge in [0, 0.05) is 22.7 Å². The molecule has 1 heterocycles. The van der Waals surface area contributed by atoms with Gasteiger partial charge in [-0.05, 0) is 31.0 Å². The molecule has 0 bridgehead atoms. The van der Waals surface area contributed by atoms with Gasteiger partial charge < -0.3 is 10.4 Å². The van der Waals surface area contributed by atoms with E-state index < -0.39 is 5.97 Å². The van der Waals surface area contributed by atoms with Crippen LogP contribution in [0.15, 0.2) is 18.2 Å². The topological polar surface area (TPSA) is 49.3 Å². The molecule has 0 radical (unpaired) electrons. The smallest absolute Gasteiger partial charge is 0.336 e. The first-order chi connectivity index (χ1) is 8.08.